The molecule has 9 nitrogen and oxygen atoms in total. The molecule has 1 aromatic carbocycles. The quantitative estimate of drug-likeness (QED) is 0.559. The highest BCUT2D eigenvalue weighted by atomic mass is 32.2. The summed E-state index contributed by atoms with van der Waals surface area (Å²) in [6, 6.07) is 7.07. The molecule has 2 atom stereocenters. The van der Waals surface area contributed by atoms with Crippen molar-refractivity contribution in [2.45, 2.75) is 44.0 Å². The minimum absolute atomic E-state index is 0.0271. The van der Waals surface area contributed by atoms with Crippen LogP contribution in [-0.4, -0.2) is 58.2 Å². The molecule has 1 saturated heterocycles. The van der Waals surface area contributed by atoms with Crippen LogP contribution >= 0.6 is 0 Å². The Labute approximate surface area is 163 Å². The van der Waals surface area contributed by atoms with E-state index < -0.39 is 44.7 Å². The largest absolute Gasteiger partial charge is 0.480 e. The van der Waals surface area contributed by atoms with Crippen molar-refractivity contribution in [3.8, 4) is 0 Å². The number of hydrogen-bond acceptors (Lipinski definition) is 5. The fraction of sp³-hybridized carbons (Fsp3) is 0.500. The summed E-state index contributed by atoms with van der Waals surface area (Å²) in [4.78, 5) is 35.4. The summed E-state index contributed by atoms with van der Waals surface area (Å²) in [6.45, 7) is 3.06. The van der Waals surface area contributed by atoms with Crippen LogP contribution in [0.25, 0.3) is 0 Å². The Kier molecular flexibility index (Phi) is 6.45. The van der Waals surface area contributed by atoms with Gasteiger partial charge in [-0.3, -0.25) is 14.1 Å². The van der Waals surface area contributed by atoms with Gasteiger partial charge in [0.2, 0.25) is 10.8 Å². The Morgan fingerprint density at radius 2 is 1.82 bits per heavy atom. The zero-order chi connectivity index (χ0) is 21.1. The number of nitrogens with zero attached hydrogens (tertiary/aromatic N) is 1. The molecule has 1 aromatic rings. The third-order valence-corrected chi connectivity index (χ3v) is 6.22. The number of rotatable bonds is 7. The number of hydrogen-bond donors (Lipinski definition) is 3. The number of benzene rings is 1. The van der Waals surface area contributed by atoms with Crippen molar-refractivity contribution in [3.05, 3.63) is 35.9 Å². The molecule has 10 heteroatoms. The van der Waals surface area contributed by atoms with E-state index in [9.17, 15) is 32.5 Å². The van der Waals surface area contributed by atoms with Gasteiger partial charge in [0.1, 0.15) is 6.04 Å². The van der Waals surface area contributed by atoms with Gasteiger partial charge in [-0.05, 0) is 18.4 Å². The SMILES string of the molecule is CC(C)C(=O)N1CCC[C@]1(C(=O)NC(Cc1ccccc1)C(=O)O)S(=O)(=O)O. The lowest BCUT2D eigenvalue weighted by atomic mass is 10.0. The van der Waals surface area contributed by atoms with Crippen LogP contribution in [0.2, 0.25) is 0 Å². The molecule has 0 spiro atoms. The molecule has 0 radical (unpaired) electrons. The molecule has 0 saturated carbocycles. The second-order valence-corrected chi connectivity index (χ2v) is 8.69. The molecule has 2 amide bonds. The molecular weight excluding hydrogens is 388 g/mol. The molecule has 1 unspecified atom stereocenters. The fourth-order valence-corrected chi connectivity index (χ4v) is 4.49. The second-order valence-electron chi connectivity index (χ2n) is 7.06. The standard InChI is InChI=1S/C18H24N2O7S/c1-12(2)15(21)20-10-6-9-18(20,28(25,26)27)17(24)19-14(16(22)23)11-13-7-4-3-5-8-13/h3-5,7-8,12,14H,6,9-11H2,1-2H3,(H,19,24)(H,22,23)(H,25,26,27)/t14?,18-/m1/s1. The Balaban J connectivity index is 2.37. The smallest absolute Gasteiger partial charge is 0.326 e. The monoisotopic (exact) mass is 412 g/mol. The number of carbonyl (C=O) groups is 3. The molecule has 3 N–H and O–H groups in total. The van der Waals surface area contributed by atoms with Crippen molar-refractivity contribution in [1.82, 2.24) is 10.2 Å². The number of aliphatic carboxylic acids is 1. The summed E-state index contributed by atoms with van der Waals surface area (Å²) < 4.78 is 34.2. The predicted octanol–water partition coefficient (Wildman–Crippen LogP) is 0.661. The van der Waals surface area contributed by atoms with E-state index in [1.54, 1.807) is 44.2 Å². The fourth-order valence-electron chi connectivity index (χ4n) is 3.33. The third-order valence-electron chi connectivity index (χ3n) is 4.76. The van der Waals surface area contributed by atoms with Crippen LogP contribution in [0.1, 0.15) is 32.3 Å². The van der Waals surface area contributed by atoms with Crippen molar-refractivity contribution >= 4 is 27.9 Å². The lowest BCUT2D eigenvalue weighted by Gasteiger charge is -2.35. The van der Waals surface area contributed by atoms with Gasteiger partial charge in [-0.2, -0.15) is 8.42 Å². The molecule has 28 heavy (non-hydrogen) atoms. The van der Waals surface area contributed by atoms with Crippen LogP contribution in [0, 0.1) is 5.92 Å². The van der Waals surface area contributed by atoms with E-state index in [1.807, 2.05) is 0 Å². The van der Waals surface area contributed by atoms with Crippen molar-refractivity contribution in [2.75, 3.05) is 6.54 Å². The maximum absolute atomic E-state index is 12.9. The third kappa shape index (κ3) is 4.17. The second kappa shape index (κ2) is 8.27. The number of amides is 2. The zero-order valence-electron chi connectivity index (χ0n) is 15.7. The highest BCUT2D eigenvalue weighted by molar-refractivity contribution is 7.88. The van der Waals surface area contributed by atoms with Gasteiger partial charge in [-0.25, -0.2) is 4.79 Å². The first kappa shape index (κ1) is 21.8. The summed E-state index contributed by atoms with van der Waals surface area (Å²) in [5, 5.41) is 11.7. The van der Waals surface area contributed by atoms with E-state index in [1.165, 1.54) is 0 Å². The van der Waals surface area contributed by atoms with Gasteiger partial charge in [-0.15, -0.1) is 0 Å². The van der Waals surface area contributed by atoms with Gasteiger partial charge in [0.25, 0.3) is 16.0 Å². The summed E-state index contributed by atoms with van der Waals surface area (Å²) in [7, 11) is -5.04. The predicted molar refractivity (Wildman–Crippen MR) is 99.8 cm³/mol. The highest BCUT2D eigenvalue weighted by Gasteiger charge is 2.60. The molecule has 0 bridgehead atoms. The number of carbonyl (C=O) groups excluding carboxylic acids is 2. The summed E-state index contributed by atoms with van der Waals surface area (Å²) in [6.07, 6.45) is -0.211. The molecule has 1 heterocycles. The Morgan fingerprint density at radius 1 is 1.21 bits per heavy atom. The zero-order valence-corrected chi connectivity index (χ0v) is 16.5. The molecule has 0 aromatic heterocycles. The number of carboxylic acids is 1. The van der Waals surface area contributed by atoms with Crippen molar-refractivity contribution in [2.24, 2.45) is 5.92 Å². The lowest BCUT2D eigenvalue weighted by molar-refractivity contribution is -0.146. The molecule has 1 aliphatic heterocycles. The minimum atomic E-state index is -5.04. The van der Waals surface area contributed by atoms with E-state index in [0.29, 0.717) is 5.56 Å². The van der Waals surface area contributed by atoms with Crippen molar-refractivity contribution in [1.29, 1.82) is 0 Å². The van der Waals surface area contributed by atoms with E-state index in [0.717, 1.165) is 4.90 Å². The van der Waals surface area contributed by atoms with E-state index in [-0.39, 0.29) is 25.8 Å². The summed E-state index contributed by atoms with van der Waals surface area (Å²) in [5.41, 5.74) is 0.623. The van der Waals surface area contributed by atoms with E-state index in [4.69, 9.17) is 0 Å². The van der Waals surface area contributed by atoms with Crippen LogP contribution < -0.4 is 5.32 Å². The van der Waals surface area contributed by atoms with Crippen LogP contribution in [0.4, 0.5) is 0 Å². The number of nitrogens with one attached hydrogen (secondary N) is 1. The molecule has 2 rings (SSSR count). The topological polar surface area (TPSA) is 141 Å². The average Bonchev–Trinajstić information content (AvgIpc) is 3.07. The molecule has 0 aliphatic carbocycles. The summed E-state index contributed by atoms with van der Waals surface area (Å²) in [5.74, 6) is -3.79. The van der Waals surface area contributed by atoms with Crippen molar-refractivity contribution < 1.29 is 32.5 Å². The van der Waals surface area contributed by atoms with Gasteiger partial charge in [-0.1, -0.05) is 44.2 Å². The molecule has 154 valence electrons. The Bertz CT molecular complexity index is 854. The van der Waals surface area contributed by atoms with Gasteiger partial charge in [0.05, 0.1) is 0 Å². The van der Waals surface area contributed by atoms with Crippen LogP contribution in [0.15, 0.2) is 30.3 Å². The first-order valence-electron chi connectivity index (χ1n) is 8.87. The van der Waals surface area contributed by atoms with E-state index >= 15 is 0 Å². The summed E-state index contributed by atoms with van der Waals surface area (Å²) >= 11 is 0. The Hall–Kier alpha value is -2.46. The van der Waals surface area contributed by atoms with E-state index in [2.05, 4.69) is 5.32 Å². The van der Waals surface area contributed by atoms with Crippen LogP contribution in [0.5, 0.6) is 0 Å². The normalized spacial score (nSPS) is 20.8. The van der Waals surface area contributed by atoms with Gasteiger partial charge in [0, 0.05) is 18.9 Å². The first-order chi connectivity index (χ1) is 13.0. The van der Waals surface area contributed by atoms with Gasteiger partial charge in [0.15, 0.2) is 0 Å². The molecule has 1 aliphatic rings. The highest BCUT2D eigenvalue weighted by Crippen LogP contribution is 2.35. The maximum Gasteiger partial charge on any atom is 0.326 e. The first-order valence-corrected chi connectivity index (χ1v) is 10.3. The minimum Gasteiger partial charge on any atom is -0.480 e. The Morgan fingerprint density at radius 3 is 2.32 bits per heavy atom. The van der Waals surface area contributed by atoms with Crippen LogP contribution in [0.3, 0.4) is 0 Å². The van der Waals surface area contributed by atoms with Crippen molar-refractivity contribution in [3.63, 3.8) is 0 Å². The number of likely N-dealkylation sites (tertiary alicyclic amines) is 1. The van der Waals surface area contributed by atoms with Gasteiger partial charge < -0.3 is 15.3 Å². The molecule has 1 fully saturated rings. The number of carboxylic acid groups (broad SMARTS) is 1. The maximum atomic E-state index is 12.9. The van der Waals surface area contributed by atoms with Crippen LogP contribution in [-0.2, 0) is 30.9 Å². The molecular formula is C18H24N2O7S. The average molecular weight is 412 g/mol. The lowest BCUT2D eigenvalue weighted by Crippen LogP contribution is -2.64. The van der Waals surface area contributed by atoms with Gasteiger partial charge >= 0.3 is 5.97 Å².